The largest absolute Gasteiger partial charge is 0.481 e. The number of methoxy groups -OCH3 is 2. The average Bonchev–Trinajstić information content (AvgIpc) is 2.39. The normalized spacial score (nSPS) is 10.1. The summed E-state index contributed by atoms with van der Waals surface area (Å²) in [6.45, 7) is 3.82. The molecule has 96 valence electrons. The molecule has 0 saturated heterocycles. The van der Waals surface area contributed by atoms with E-state index in [0.717, 1.165) is 24.8 Å². The van der Waals surface area contributed by atoms with Gasteiger partial charge in [0.05, 0.1) is 20.3 Å². The van der Waals surface area contributed by atoms with Crippen molar-refractivity contribution < 1.29 is 9.47 Å². The maximum absolute atomic E-state index is 5.13. The molecular formula is C11H18BrN3O2. The third-order valence-electron chi connectivity index (χ3n) is 2.31. The van der Waals surface area contributed by atoms with Crippen LogP contribution in [0.2, 0.25) is 0 Å². The van der Waals surface area contributed by atoms with E-state index in [9.17, 15) is 0 Å². The van der Waals surface area contributed by atoms with Crippen molar-refractivity contribution in [2.45, 2.75) is 13.3 Å². The predicted octanol–water partition coefficient (Wildman–Crippen LogP) is 2.11. The van der Waals surface area contributed by atoms with Crippen molar-refractivity contribution in [3.63, 3.8) is 0 Å². The first kappa shape index (κ1) is 14.0. The lowest BCUT2D eigenvalue weighted by Gasteiger charge is -2.20. The zero-order valence-corrected chi connectivity index (χ0v) is 12.0. The Labute approximate surface area is 110 Å². The van der Waals surface area contributed by atoms with E-state index in [4.69, 9.17) is 9.47 Å². The van der Waals surface area contributed by atoms with E-state index >= 15 is 0 Å². The van der Waals surface area contributed by atoms with E-state index in [1.807, 2.05) is 0 Å². The highest BCUT2D eigenvalue weighted by Crippen LogP contribution is 2.20. The summed E-state index contributed by atoms with van der Waals surface area (Å²) in [5.41, 5.74) is 0. The molecule has 0 spiro atoms. The fourth-order valence-corrected chi connectivity index (χ4v) is 1.64. The van der Waals surface area contributed by atoms with Gasteiger partial charge in [0.2, 0.25) is 17.7 Å². The molecule has 0 amide bonds. The Balaban J connectivity index is 2.92. The Morgan fingerprint density at radius 2 is 1.82 bits per heavy atom. The molecule has 0 aliphatic heterocycles. The fourth-order valence-electron chi connectivity index (χ4n) is 1.39. The fraction of sp³-hybridized carbons (Fsp3) is 0.636. The van der Waals surface area contributed by atoms with Crippen LogP contribution < -0.4 is 14.4 Å². The molecule has 1 rings (SSSR count). The van der Waals surface area contributed by atoms with E-state index in [0.29, 0.717) is 17.7 Å². The van der Waals surface area contributed by atoms with Gasteiger partial charge >= 0.3 is 0 Å². The topological polar surface area (TPSA) is 47.5 Å². The third-order valence-corrected chi connectivity index (χ3v) is 2.87. The van der Waals surface area contributed by atoms with Crippen molar-refractivity contribution in [2.75, 3.05) is 37.5 Å². The van der Waals surface area contributed by atoms with E-state index in [-0.39, 0.29) is 0 Å². The van der Waals surface area contributed by atoms with Crippen molar-refractivity contribution >= 4 is 21.9 Å². The summed E-state index contributed by atoms with van der Waals surface area (Å²) in [7, 11) is 3.17. The van der Waals surface area contributed by atoms with Crippen LogP contribution in [0.3, 0.4) is 0 Å². The minimum atomic E-state index is 0.518. The second-order valence-corrected chi connectivity index (χ2v) is 4.17. The Bertz CT molecular complexity index is 327. The number of ether oxygens (including phenoxy) is 2. The molecule has 5 nitrogen and oxygen atoms in total. The molecule has 0 aliphatic rings. The van der Waals surface area contributed by atoms with Gasteiger partial charge in [0.1, 0.15) is 0 Å². The molecule has 1 aromatic heterocycles. The molecule has 0 aromatic carbocycles. The van der Waals surface area contributed by atoms with Gasteiger partial charge < -0.3 is 14.4 Å². The number of halogens is 1. The second-order valence-electron chi connectivity index (χ2n) is 3.37. The summed E-state index contributed by atoms with van der Waals surface area (Å²) >= 11 is 3.42. The molecule has 6 heteroatoms. The van der Waals surface area contributed by atoms with E-state index in [2.05, 4.69) is 37.7 Å². The van der Waals surface area contributed by atoms with Gasteiger partial charge in [0.15, 0.2) is 0 Å². The van der Waals surface area contributed by atoms with Crippen molar-refractivity contribution in [3.8, 4) is 11.8 Å². The zero-order chi connectivity index (χ0) is 12.7. The van der Waals surface area contributed by atoms with E-state index in [1.165, 1.54) is 0 Å². The lowest BCUT2D eigenvalue weighted by molar-refractivity contribution is 0.371. The molecule has 0 atom stereocenters. The van der Waals surface area contributed by atoms with Crippen LogP contribution in [-0.2, 0) is 0 Å². The number of aromatic nitrogens is 2. The third kappa shape index (κ3) is 4.03. The highest BCUT2D eigenvalue weighted by Gasteiger charge is 2.11. The van der Waals surface area contributed by atoms with Gasteiger partial charge in [-0.15, -0.1) is 0 Å². The SMILES string of the molecule is CCN(CCCBr)c1nc(OC)cc(OC)n1. The van der Waals surface area contributed by atoms with Gasteiger partial charge in [-0.3, -0.25) is 0 Å². The molecule has 0 aliphatic carbocycles. The molecule has 1 aromatic rings. The molecule has 0 saturated carbocycles. The first-order chi connectivity index (χ1) is 8.24. The summed E-state index contributed by atoms with van der Waals surface area (Å²) in [5, 5.41) is 0.963. The number of alkyl halides is 1. The van der Waals surface area contributed by atoms with Gasteiger partial charge in [0, 0.05) is 18.4 Å². The number of hydrogen-bond donors (Lipinski definition) is 0. The zero-order valence-electron chi connectivity index (χ0n) is 10.4. The number of nitrogens with zero attached hydrogens (tertiary/aromatic N) is 3. The number of anilines is 1. The van der Waals surface area contributed by atoms with Gasteiger partial charge in [-0.2, -0.15) is 9.97 Å². The van der Waals surface area contributed by atoms with Gasteiger partial charge in [-0.25, -0.2) is 0 Å². The number of rotatable bonds is 7. The van der Waals surface area contributed by atoms with Crippen molar-refractivity contribution in [1.29, 1.82) is 0 Å². The first-order valence-electron chi connectivity index (χ1n) is 5.53. The van der Waals surface area contributed by atoms with E-state index < -0.39 is 0 Å². The molecular weight excluding hydrogens is 286 g/mol. The summed E-state index contributed by atoms with van der Waals surface area (Å²) < 4.78 is 10.3. The second kappa shape index (κ2) is 7.32. The van der Waals surface area contributed by atoms with Crippen molar-refractivity contribution in [1.82, 2.24) is 9.97 Å². The minimum absolute atomic E-state index is 0.518. The summed E-state index contributed by atoms with van der Waals surface area (Å²) in [5.74, 6) is 1.68. The summed E-state index contributed by atoms with van der Waals surface area (Å²) in [4.78, 5) is 10.7. The van der Waals surface area contributed by atoms with Crippen LogP contribution in [0, 0.1) is 0 Å². The highest BCUT2D eigenvalue weighted by atomic mass is 79.9. The number of hydrogen-bond acceptors (Lipinski definition) is 5. The first-order valence-corrected chi connectivity index (χ1v) is 6.65. The van der Waals surface area contributed by atoms with Crippen LogP contribution in [0.5, 0.6) is 11.8 Å². The Kier molecular flexibility index (Phi) is 6.04. The average molecular weight is 304 g/mol. The lowest BCUT2D eigenvalue weighted by atomic mass is 10.4. The Hall–Kier alpha value is -1.04. The maximum Gasteiger partial charge on any atom is 0.231 e. The summed E-state index contributed by atoms with van der Waals surface area (Å²) in [6, 6.07) is 1.67. The molecule has 17 heavy (non-hydrogen) atoms. The van der Waals surface area contributed by atoms with Crippen molar-refractivity contribution in [3.05, 3.63) is 6.07 Å². The monoisotopic (exact) mass is 303 g/mol. The van der Waals surface area contributed by atoms with Crippen LogP contribution >= 0.6 is 15.9 Å². The van der Waals surface area contributed by atoms with Crippen LogP contribution in [0.4, 0.5) is 5.95 Å². The van der Waals surface area contributed by atoms with Gasteiger partial charge in [-0.1, -0.05) is 15.9 Å². The van der Waals surface area contributed by atoms with Crippen LogP contribution in [0.1, 0.15) is 13.3 Å². The minimum Gasteiger partial charge on any atom is -0.481 e. The Morgan fingerprint density at radius 1 is 1.24 bits per heavy atom. The summed E-state index contributed by atoms with van der Waals surface area (Å²) in [6.07, 6.45) is 1.04. The molecule has 0 fully saturated rings. The molecule has 0 unspecified atom stereocenters. The van der Waals surface area contributed by atoms with Crippen molar-refractivity contribution in [2.24, 2.45) is 0 Å². The smallest absolute Gasteiger partial charge is 0.231 e. The molecule has 0 radical (unpaired) electrons. The highest BCUT2D eigenvalue weighted by molar-refractivity contribution is 9.09. The lowest BCUT2D eigenvalue weighted by Crippen LogP contribution is -2.26. The quantitative estimate of drug-likeness (QED) is 0.722. The molecule has 1 heterocycles. The van der Waals surface area contributed by atoms with Gasteiger partial charge in [0.25, 0.3) is 0 Å². The predicted molar refractivity (Wildman–Crippen MR) is 71.4 cm³/mol. The standard InChI is InChI=1S/C11H18BrN3O2/c1-4-15(7-5-6-12)11-13-9(16-2)8-10(14-11)17-3/h8H,4-7H2,1-3H3. The van der Waals surface area contributed by atoms with Crippen LogP contribution in [0.15, 0.2) is 6.07 Å². The molecule has 0 bridgehead atoms. The maximum atomic E-state index is 5.13. The van der Waals surface area contributed by atoms with Crippen LogP contribution in [-0.4, -0.2) is 42.6 Å². The van der Waals surface area contributed by atoms with Gasteiger partial charge in [-0.05, 0) is 13.3 Å². The van der Waals surface area contributed by atoms with Crippen LogP contribution in [0.25, 0.3) is 0 Å². The Morgan fingerprint density at radius 3 is 2.24 bits per heavy atom. The molecule has 0 N–H and O–H groups in total. The van der Waals surface area contributed by atoms with E-state index in [1.54, 1.807) is 20.3 Å².